The first-order chi connectivity index (χ1) is 14.4. The van der Waals surface area contributed by atoms with E-state index >= 15 is 0 Å². The first-order valence-electron chi connectivity index (χ1n) is 9.33. The molecule has 0 unspecified atom stereocenters. The Morgan fingerprint density at radius 1 is 0.800 bits per heavy atom. The minimum atomic E-state index is -0.504. The number of carbonyl (C=O) groups excluding carboxylic acids is 3. The molecule has 0 saturated heterocycles. The van der Waals surface area contributed by atoms with Gasteiger partial charge >= 0.3 is 0 Å². The maximum Gasteiger partial charge on any atom is 0.255 e. The number of carbonyl (C=O) groups is 3. The van der Waals surface area contributed by atoms with Crippen LogP contribution in [0.15, 0.2) is 72.8 Å². The molecule has 0 aliphatic heterocycles. The lowest BCUT2D eigenvalue weighted by atomic mass is 10.2. The van der Waals surface area contributed by atoms with Crippen LogP contribution in [0.1, 0.15) is 34.1 Å². The third kappa shape index (κ3) is 5.45. The molecule has 0 saturated carbocycles. The Labute approximate surface area is 173 Å². The van der Waals surface area contributed by atoms with Gasteiger partial charge in [0, 0.05) is 28.9 Å². The molecule has 0 atom stereocenters. The highest BCUT2D eigenvalue weighted by Crippen LogP contribution is 2.23. The summed E-state index contributed by atoms with van der Waals surface area (Å²) in [6.07, 6.45) is 0.375. The number of ether oxygens (including phenoxy) is 1. The quantitative estimate of drug-likeness (QED) is 0.549. The minimum absolute atomic E-state index is 0.0988. The number of hydrogen-bond donors (Lipinski definition) is 3. The summed E-state index contributed by atoms with van der Waals surface area (Å²) in [4.78, 5) is 35.1. The van der Waals surface area contributed by atoms with E-state index in [4.69, 9.17) is 10.5 Å². The third-order valence-corrected chi connectivity index (χ3v) is 4.22. The Bertz CT molecular complexity index is 1060. The topological polar surface area (TPSA) is 111 Å². The van der Waals surface area contributed by atoms with E-state index in [0.29, 0.717) is 40.4 Å². The van der Waals surface area contributed by atoms with E-state index in [9.17, 15) is 14.4 Å². The van der Waals surface area contributed by atoms with Crippen LogP contribution >= 0.6 is 0 Å². The van der Waals surface area contributed by atoms with Gasteiger partial charge in [-0.15, -0.1) is 0 Å². The molecular weight excluding hydrogens is 382 g/mol. The number of primary amides is 1. The Balaban J connectivity index is 1.63. The van der Waals surface area contributed by atoms with E-state index < -0.39 is 5.91 Å². The van der Waals surface area contributed by atoms with Crippen LogP contribution in [0.5, 0.6) is 11.5 Å². The highest BCUT2D eigenvalue weighted by atomic mass is 16.5. The van der Waals surface area contributed by atoms with Crippen LogP contribution in [0.2, 0.25) is 0 Å². The minimum Gasteiger partial charge on any atom is -0.457 e. The van der Waals surface area contributed by atoms with Crippen molar-refractivity contribution in [3.05, 3.63) is 83.9 Å². The van der Waals surface area contributed by atoms with Gasteiger partial charge in [0.15, 0.2) is 0 Å². The smallest absolute Gasteiger partial charge is 0.255 e. The van der Waals surface area contributed by atoms with Gasteiger partial charge in [-0.2, -0.15) is 0 Å². The van der Waals surface area contributed by atoms with Crippen LogP contribution in [0.4, 0.5) is 11.4 Å². The zero-order chi connectivity index (χ0) is 21.5. The van der Waals surface area contributed by atoms with Crippen molar-refractivity contribution in [2.24, 2.45) is 5.73 Å². The highest BCUT2D eigenvalue weighted by Gasteiger charge is 2.08. The van der Waals surface area contributed by atoms with Gasteiger partial charge in [0.1, 0.15) is 11.5 Å². The third-order valence-electron chi connectivity index (χ3n) is 4.22. The van der Waals surface area contributed by atoms with Crippen LogP contribution in [0.3, 0.4) is 0 Å². The summed E-state index contributed by atoms with van der Waals surface area (Å²) in [5, 5.41) is 5.55. The number of benzene rings is 3. The van der Waals surface area contributed by atoms with Gasteiger partial charge in [0.05, 0.1) is 0 Å². The lowest BCUT2D eigenvalue weighted by Crippen LogP contribution is -2.13. The molecule has 0 aliphatic rings. The van der Waals surface area contributed by atoms with Crippen molar-refractivity contribution in [1.29, 1.82) is 0 Å². The lowest BCUT2D eigenvalue weighted by Gasteiger charge is -2.09. The van der Waals surface area contributed by atoms with Crippen molar-refractivity contribution in [3.63, 3.8) is 0 Å². The largest absolute Gasteiger partial charge is 0.457 e. The average molecular weight is 403 g/mol. The fraction of sp³-hybridized carbons (Fsp3) is 0.0870. The Kier molecular flexibility index (Phi) is 6.44. The number of nitrogens with two attached hydrogens (primary N) is 1. The second kappa shape index (κ2) is 9.38. The van der Waals surface area contributed by atoms with E-state index in [1.165, 1.54) is 0 Å². The Morgan fingerprint density at radius 3 is 1.87 bits per heavy atom. The van der Waals surface area contributed by atoms with Crippen molar-refractivity contribution >= 4 is 29.1 Å². The molecule has 0 spiro atoms. The van der Waals surface area contributed by atoms with Gasteiger partial charge < -0.3 is 21.1 Å². The summed E-state index contributed by atoms with van der Waals surface area (Å²) in [6, 6.07) is 20.0. The van der Waals surface area contributed by atoms with E-state index in [1.54, 1.807) is 79.7 Å². The summed E-state index contributed by atoms with van der Waals surface area (Å²) in [5.41, 5.74) is 7.25. The summed E-state index contributed by atoms with van der Waals surface area (Å²) in [7, 11) is 0. The van der Waals surface area contributed by atoms with Gasteiger partial charge in [-0.3, -0.25) is 14.4 Å². The van der Waals surface area contributed by atoms with Crippen LogP contribution in [0.25, 0.3) is 0 Å². The van der Waals surface area contributed by atoms with Gasteiger partial charge in [-0.1, -0.05) is 13.0 Å². The fourth-order valence-corrected chi connectivity index (χ4v) is 2.63. The fourth-order valence-electron chi connectivity index (χ4n) is 2.63. The molecule has 0 heterocycles. The Morgan fingerprint density at radius 2 is 1.33 bits per heavy atom. The van der Waals surface area contributed by atoms with Gasteiger partial charge in [0.2, 0.25) is 11.8 Å². The average Bonchev–Trinajstić information content (AvgIpc) is 2.74. The molecule has 3 rings (SSSR count). The summed E-state index contributed by atoms with van der Waals surface area (Å²) < 4.78 is 5.71. The molecule has 0 bridgehead atoms. The summed E-state index contributed by atoms with van der Waals surface area (Å²) in [6.45, 7) is 1.77. The molecule has 3 amide bonds. The molecule has 152 valence electrons. The van der Waals surface area contributed by atoms with Crippen molar-refractivity contribution in [1.82, 2.24) is 0 Å². The molecule has 0 aromatic heterocycles. The zero-order valence-corrected chi connectivity index (χ0v) is 16.3. The summed E-state index contributed by atoms with van der Waals surface area (Å²) >= 11 is 0. The van der Waals surface area contributed by atoms with Crippen LogP contribution in [-0.2, 0) is 4.79 Å². The van der Waals surface area contributed by atoms with Gasteiger partial charge in [-0.25, -0.2) is 0 Å². The number of amides is 3. The maximum absolute atomic E-state index is 12.5. The second-order valence-electron chi connectivity index (χ2n) is 6.45. The van der Waals surface area contributed by atoms with Gasteiger partial charge in [0.25, 0.3) is 5.91 Å². The number of nitrogens with one attached hydrogen (secondary N) is 2. The first-order valence-corrected chi connectivity index (χ1v) is 9.33. The molecule has 7 nitrogen and oxygen atoms in total. The van der Waals surface area contributed by atoms with Crippen molar-refractivity contribution < 1.29 is 19.1 Å². The van der Waals surface area contributed by atoms with Gasteiger partial charge in [-0.05, 0) is 66.7 Å². The van der Waals surface area contributed by atoms with E-state index in [1.807, 2.05) is 0 Å². The molecule has 7 heteroatoms. The standard InChI is InChI=1S/C23H21N3O4/c1-2-21(27)25-17-4-3-5-18(14-17)26-23(29)16-8-12-20(13-9-16)30-19-10-6-15(7-11-19)22(24)28/h3-14H,2H2,1H3,(H2,24,28)(H,25,27)(H,26,29). The maximum atomic E-state index is 12.5. The van der Waals surface area contributed by atoms with Crippen LogP contribution in [0, 0.1) is 0 Å². The number of anilines is 2. The first kappa shape index (κ1) is 20.6. The lowest BCUT2D eigenvalue weighted by molar-refractivity contribution is -0.115. The normalized spacial score (nSPS) is 10.2. The van der Waals surface area contributed by atoms with Crippen LogP contribution in [-0.4, -0.2) is 17.7 Å². The van der Waals surface area contributed by atoms with E-state index in [2.05, 4.69) is 10.6 Å². The number of rotatable bonds is 7. The second-order valence-corrected chi connectivity index (χ2v) is 6.45. The summed E-state index contributed by atoms with van der Waals surface area (Å²) in [5.74, 6) is 0.200. The molecule has 0 fully saturated rings. The predicted molar refractivity (Wildman–Crippen MR) is 115 cm³/mol. The molecular formula is C23H21N3O4. The van der Waals surface area contributed by atoms with E-state index in [-0.39, 0.29) is 11.8 Å². The Hall–Kier alpha value is -4.13. The van der Waals surface area contributed by atoms with Crippen LogP contribution < -0.4 is 21.1 Å². The molecule has 4 N–H and O–H groups in total. The molecule has 0 radical (unpaired) electrons. The monoisotopic (exact) mass is 403 g/mol. The molecule has 3 aromatic rings. The van der Waals surface area contributed by atoms with Crippen molar-refractivity contribution in [3.8, 4) is 11.5 Å². The number of hydrogen-bond acceptors (Lipinski definition) is 4. The SMILES string of the molecule is CCC(=O)Nc1cccc(NC(=O)c2ccc(Oc3ccc(C(N)=O)cc3)cc2)c1. The molecule has 0 aliphatic carbocycles. The molecule has 30 heavy (non-hydrogen) atoms. The zero-order valence-electron chi connectivity index (χ0n) is 16.3. The molecule has 3 aromatic carbocycles. The van der Waals surface area contributed by atoms with Crippen molar-refractivity contribution in [2.75, 3.05) is 10.6 Å². The highest BCUT2D eigenvalue weighted by molar-refractivity contribution is 6.04. The van der Waals surface area contributed by atoms with E-state index in [0.717, 1.165) is 0 Å². The van der Waals surface area contributed by atoms with Crippen molar-refractivity contribution in [2.45, 2.75) is 13.3 Å². The predicted octanol–water partition coefficient (Wildman–Crippen LogP) is 4.18.